The smallest absolute Gasteiger partial charge is 0.246 e. The number of pyridine rings is 1. The lowest BCUT2D eigenvalue weighted by molar-refractivity contribution is 0.0851. The highest BCUT2D eigenvalue weighted by Crippen LogP contribution is 2.26. The van der Waals surface area contributed by atoms with E-state index in [2.05, 4.69) is 9.88 Å². The van der Waals surface area contributed by atoms with Crippen LogP contribution >= 0.6 is 0 Å². The fraction of sp³-hybridized carbons (Fsp3) is 0.571. The Balaban J connectivity index is 1.87. The summed E-state index contributed by atoms with van der Waals surface area (Å²) in [5.41, 5.74) is -0.0245. The zero-order valence-electron chi connectivity index (χ0n) is 11.8. The lowest BCUT2D eigenvalue weighted by atomic mass is 10.0. The first kappa shape index (κ1) is 14.4. The zero-order chi connectivity index (χ0) is 14.9. The molecule has 112 valence electrons. The molecule has 0 radical (unpaired) electrons. The van der Waals surface area contributed by atoms with Gasteiger partial charge in [0, 0.05) is 31.9 Å². The summed E-state index contributed by atoms with van der Waals surface area (Å²) in [5.74, 6) is 0. The van der Waals surface area contributed by atoms with Gasteiger partial charge in [-0.25, -0.2) is 13.4 Å². The Labute approximate surface area is 125 Å². The van der Waals surface area contributed by atoms with Gasteiger partial charge >= 0.3 is 0 Å². The van der Waals surface area contributed by atoms with Crippen LogP contribution in [0.3, 0.4) is 0 Å². The van der Waals surface area contributed by atoms with E-state index in [9.17, 15) is 8.42 Å². The molecule has 2 aliphatic rings. The number of nitrogens with zero attached hydrogens (tertiary/aromatic N) is 4. The van der Waals surface area contributed by atoms with Crippen molar-refractivity contribution < 1.29 is 8.42 Å². The maximum atomic E-state index is 12.8. The van der Waals surface area contributed by atoms with E-state index in [4.69, 9.17) is 5.26 Å². The van der Waals surface area contributed by atoms with Crippen LogP contribution in [0.5, 0.6) is 0 Å². The van der Waals surface area contributed by atoms with Gasteiger partial charge in [-0.3, -0.25) is 4.90 Å². The normalized spacial score (nSPS) is 24.2. The Morgan fingerprint density at radius 1 is 1.29 bits per heavy atom. The fourth-order valence-corrected chi connectivity index (χ4v) is 4.73. The number of piperazine rings is 1. The Morgan fingerprint density at radius 2 is 2.14 bits per heavy atom. The highest BCUT2D eigenvalue weighted by molar-refractivity contribution is 7.89. The Kier molecular flexibility index (Phi) is 3.93. The summed E-state index contributed by atoms with van der Waals surface area (Å²) in [7, 11) is -3.63. The van der Waals surface area contributed by atoms with Crippen molar-refractivity contribution >= 4 is 10.0 Å². The van der Waals surface area contributed by atoms with Crippen molar-refractivity contribution in [3.8, 4) is 6.07 Å². The molecule has 2 fully saturated rings. The number of fused-ring (bicyclic) bond motifs is 1. The molecule has 7 heteroatoms. The van der Waals surface area contributed by atoms with Crippen LogP contribution in [0.4, 0.5) is 0 Å². The second kappa shape index (κ2) is 5.72. The summed E-state index contributed by atoms with van der Waals surface area (Å²) in [6, 6.07) is 5.21. The third kappa shape index (κ3) is 2.67. The lowest BCUT2D eigenvalue weighted by Crippen LogP contribution is -2.56. The molecule has 0 N–H and O–H groups in total. The first-order valence-corrected chi connectivity index (χ1v) is 8.66. The van der Waals surface area contributed by atoms with Crippen molar-refractivity contribution in [3.05, 3.63) is 24.0 Å². The molecule has 1 atom stereocenters. The molecule has 6 nitrogen and oxygen atoms in total. The number of rotatable bonds is 2. The van der Waals surface area contributed by atoms with Crippen molar-refractivity contribution in [2.45, 2.75) is 30.2 Å². The van der Waals surface area contributed by atoms with E-state index < -0.39 is 10.0 Å². The summed E-state index contributed by atoms with van der Waals surface area (Å²) in [5, 5.41) is 9.06. The molecule has 0 aliphatic carbocycles. The monoisotopic (exact) mass is 306 g/mol. The van der Waals surface area contributed by atoms with Gasteiger partial charge in [0.2, 0.25) is 10.0 Å². The third-order valence-corrected chi connectivity index (χ3v) is 6.19. The number of nitriles is 1. The first-order chi connectivity index (χ1) is 10.1. The number of piperidine rings is 1. The number of aromatic nitrogens is 1. The van der Waals surface area contributed by atoms with Crippen LogP contribution in [0.2, 0.25) is 0 Å². The summed E-state index contributed by atoms with van der Waals surface area (Å²) >= 11 is 0. The molecule has 0 spiro atoms. The van der Waals surface area contributed by atoms with Gasteiger partial charge in [0.05, 0.1) is 0 Å². The predicted octanol–water partition coefficient (Wildman–Crippen LogP) is 0.812. The summed E-state index contributed by atoms with van der Waals surface area (Å²) in [6.07, 6.45) is 4.84. The van der Waals surface area contributed by atoms with Crippen molar-refractivity contribution in [3.63, 3.8) is 0 Å². The van der Waals surface area contributed by atoms with Crippen molar-refractivity contribution in [2.24, 2.45) is 0 Å². The van der Waals surface area contributed by atoms with Gasteiger partial charge in [-0.2, -0.15) is 9.57 Å². The second-order valence-corrected chi connectivity index (χ2v) is 7.42. The number of sulfonamides is 1. The van der Waals surface area contributed by atoms with Crippen LogP contribution in [0.1, 0.15) is 25.0 Å². The van der Waals surface area contributed by atoms with E-state index in [1.54, 1.807) is 6.07 Å². The van der Waals surface area contributed by atoms with Gasteiger partial charge in [0.25, 0.3) is 0 Å². The molecule has 2 saturated heterocycles. The third-order valence-electron chi connectivity index (χ3n) is 4.29. The summed E-state index contributed by atoms with van der Waals surface area (Å²) in [6.45, 7) is 2.83. The molecule has 21 heavy (non-hydrogen) atoms. The molecule has 1 aromatic rings. The first-order valence-electron chi connectivity index (χ1n) is 7.22. The molecular formula is C14H18N4O2S. The van der Waals surface area contributed by atoms with Gasteiger partial charge in [-0.15, -0.1) is 0 Å². The highest BCUT2D eigenvalue weighted by atomic mass is 32.2. The minimum Gasteiger partial charge on any atom is -0.298 e. The molecule has 2 aliphatic heterocycles. The van der Waals surface area contributed by atoms with Crippen LogP contribution in [0.15, 0.2) is 23.2 Å². The Hall–Kier alpha value is -1.49. The van der Waals surface area contributed by atoms with E-state index in [1.165, 1.54) is 23.0 Å². The summed E-state index contributed by atoms with van der Waals surface area (Å²) in [4.78, 5) is 6.27. The molecule has 3 heterocycles. The standard InChI is InChI=1S/C14H18N4O2S/c15-10-13-14(5-3-6-16-13)21(19,20)18-9-8-17-7-2-1-4-12(17)11-18/h3,5-6,12H,1-2,4,7-9,11H2. The van der Waals surface area contributed by atoms with E-state index in [-0.39, 0.29) is 10.6 Å². The maximum Gasteiger partial charge on any atom is 0.246 e. The zero-order valence-corrected chi connectivity index (χ0v) is 12.6. The van der Waals surface area contributed by atoms with Gasteiger partial charge < -0.3 is 0 Å². The average Bonchev–Trinajstić information content (AvgIpc) is 2.54. The SMILES string of the molecule is N#Cc1ncccc1S(=O)(=O)N1CCN2CCCCC2C1. The van der Waals surface area contributed by atoms with E-state index in [1.807, 2.05) is 6.07 Å². The molecular weight excluding hydrogens is 288 g/mol. The van der Waals surface area contributed by atoms with Gasteiger partial charge in [-0.1, -0.05) is 6.42 Å². The topological polar surface area (TPSA) is 77.3 Å². The molecule has 0 aromatic carbocycles. The Morgan fingerprint density at radius 3 is 2.95 bits per heavy atom. The van der Waals surface area contributed by atoms with E-state index in [0.29, 0.717) is 19.1 Å². The van der Waals surface area contributed by atoms with Crippen LogP contribution in [0, 0.1) is 11.3 Å². The molecule has 0 amide bonds. The molecule has 3 rings (SSSR count). The number of hydrogen-bond donors (Lipinski definition) is 0. The van der Waals surface area contributed by atoms with Gasteiger partial charge in [0.15, 0.2) is 5.69 Å². The van der Waals surface area contributed by atoms with Crippen LogP contribution in [-0.4, -0.2) is 54.8 Å². The molecule has 1 aromatic heterocycles. The van der Waals surface area contributed by atoms with Crippen LogP contribution in [-0.2, 0) is 10.0 Å². The highest BCUT2D eigenvalue weighted by Gasteiger charge is 2.36. The minimum absolute atomic E-state index is 0.0245. The largest absolute Gasteiger partial charge is 0.298 e. The molecule has 1 unspecified atom stereocenters. The second-order valence-electron chi connectivity index (χ2n) is 5.51. The minimum atomic E-state index is -3.63. The summed E-state index contributed by atoms with van der Waals surface area (Å²) < 4.78 is 27.0. The van der Waals surface area contributed by atoms with Gasteiger partial charge in [0.1, 0.15) is 11.0 Å². The van der Waals surface area contributed by atoms with Crippen LogP contribution in [0.25, 0.3) is 0 Å². The lowest BCUT2D eigenvalue weighted by Gasteiger charge is -2.43. The molecule has 0 bridgehead atoms. The van der Waals surface area contributed by atoms with Crippen LogP contribution < -0.4 is 0 Å². The van der Waals surface area contributed by atoms with E-state index >= 15 is 0 Å². The quantitative estimate of drug-likeness (QED) is 0.808. The predicted molar refractivity (Wildman–Crippen MR) is 76.9 cm³/mol. The van der Waals surface area contributed by atoms with Crippen molar-refractivity contribution in [1.29, 1.82) is 5.26 Å². The van der Waals surface area contributed by atoms with Crippen molar-refractivity contribution in [2.75, 3.05) is 26.2 Å². The van der Waals surface area contributed by atoms with Gasteiger partial charge in [-0.05, 0) is 31.5 Å². The Bertz CT molecular complexity index is 668. The fourth-order valence-electron chi connectivity index (χ4n) is 3.17. The maximum absolute atomic E-state index is 12.8. The number of hydrogen-bond acceptors (Lipinski definition) is 5. The average molecular weight is 306 g/mol. The van der Waals surface area contributed by atoms with E-state index in [0.717, 1.165) is 25.9 Å². The van der Waals surface area contributed by atoms with Crippen molar-refractivity contribution in [1.82, 2.24) is 14.2 Å². The molecule has 0 saturated carbocycles.